The Bertz CT molecular complexity index is 949. The van der Waals surface area contributed by atoms with E-state index in [-0.39, 0.29) is 19.1 Å². The number of carbonyl (C=O) groups excluding carboxylic acids is 2. The van der Waals surface area contributed by atoms with Crippen molar-refractivity contribution in [3.8, 4) is 11.1 Å². The van der Waals surface area contributed by atoms with E-state index in [0.717, 1.165) is 22.3 Å². The number of rotatable bonds is 11. The van der Waals surface area contributed by atoms with E-state index in [9.17, 15) is 14.4 Å². The summed E-state index contributed by atoms with van der Waals surface area (Å²) in [5, 5.41) is 11.6. The lowest BCUT2D eigenvalue weighted by Crippen LogP contribution is -2.49. The zero-order valence-corrected chi connectivity index (χ0v) is 18.6. The SMILES string of the molecule is CCC[C@H](NC(=O)OCC1c2ccccc2-c2ccccc21)C(=O)NOC(COC)C(=O)O. The first-order chi connectivity index (χ1) is 16.0. The van der Waals surface area contributed by atoms with Crippen LogP contribution in [0.5, 0.6) is 0 Å². The molecule has 0 aromatic heterocycles. The first kappa shape index (κ1) is 24.2. The van der Waals surface area contributed by atoms with Gasteiger partial charge in [-0.3, -0.25) is 9.63 Å². The number of benzene rings is 2. The van der Waals surface area contributed by atoms with Crippen molar-refractivity contribution in [1.82, 2.24) is 10.8 Å². The van der Waals surface area contributed by atoms with Crippen molar-refractivity contribution in [3.05, 3.63) is 59.7 Å². The lowest BCUT2D eigenvalue weighted by atomic mass is 9.98. The minimum absolute atomic E-state index is 0.102. The summed E-state index contributed by atoms with van der Waals surface area (Å²) in [5.41, 5.74) is 6.49. The van der Waals surface area contributed by atoms with E-state index in [2.05, 4.69) is 10.8 Å². The molecular weight excluding hydrogens is 428 g/mol. The zero-order valence-electron chi connectivity index (χ0n) is 18.6. The molecule has 1 aliphatic rings. The van der Waals surface area contributed by atoms with Gasteiger partial charge in [-0.2, -0.15) is 0 Å². The maximum atomic E-state index is 12.5. The van der Waals surface area contributed by atoms with Crippen molar-refractivity contribution in [2.45, 2.75) is 37.8 Å². The Morgan fingerprint density at radius 2 is 1.64 bits per heavy atom. The molecular formula is C24H28N2O7. The van der Waals surface area contributed by atoms with Gasteiger partial charge in [-0.25, -0.2) is 15.1 Å². The molecule has 0 saturated heterocycles. The van der Waals surface area contributed by atoms with Crippen LogP contribution in [0.3, 0.4) is 0 Å². The Balaban J connectivity index is 1.59. The van der Waals surface area contributed by atoms with E-state index in [1.165, 1.54) is 7.11 Å². The van der Waals surface area contributed by atoms with E-state index in [1.54, 1.807) is 0 Å². The predicted molar refractivity (Wildman–Crippen MR) is 119 cm³/mol. The number of methoxy groups -OCH3 is 1. The second-order valence-electron chi connectivity index (χ2n) is 7.68. The number of amides is 2. The molecule has 0 radical (unpaired) electrons. The maximum Gasteiger partial charge on any atom is 0.407 e. The van der Waals surface area contributed by atoms with Gasteiger partial charge in [-0.05, 0) is 28.7 Å². The van der Waals surface area contributed by atoms with Crippen LogP contribution in [0.2, 0.25) is 0 Å². The number of hydroxylamine groups is 1. The van der Waals surface area contributed by atoms with Gasteiger partial charge in [-0.15, -0.1) is 0 Å². The molecule has 0 fully saturated rings. The number of carboxylic acid groups (broad SMARTS) is 1. The zero-order chi connectivity index (χ0) is 23.8. The van der Waals surface area contributed by atoms with Crippen molar-refractivity contribution in [2.75, 3.05) is 20.3 Å². The van der Waals surface area contributed by atoms with Gasteiger partial charge in [0, 0.05) is 13.0 Å². The number of nitrogens with one attached hydrogen (secondary N) is 2. The highest BCUT2D eigenvalue weighted by Crippen LogP contribution is 2.44. The quantitative estimate of drug-likeness (QED) is 0.444. The molecule has 0 heterocycles. The lowest BCUT2D eigenvalue weighted by Gasteiger charge is -2.20. The average Bonchev–Trinajstić information content (AvgIpc) is 3.13. The minimum Gasteiger partial charge on any atom is -0.479 e. The standard InChI is InChI=1S/C24H28N2O7/c1-3-8-20(22(27)26-33-21(14-31-2)23(28)29)25-24(30)32-13-19-17-11-6-4-9-15(17)16-10-5-7-12-18(16)19/h4-7,9-12,19-21H,3,8,13-14H2,1-2H3,(H,25,30)(H,26,27)(H,28,29)/t20-,21?/m0/s1. The fraction of sp³-hybridized carbons (Fsp3) is 0.375. The van der Waals surface area contributed by atoms with E-state index in [1.807, 2.05) is 55.5 Å². The van der Waals surface area contributed by atoms with Crippen molar-refractivity contribution < 1.29 is 33.8 Å². The Labute approximate surface area is 192 Å². The smallest absolute Gasteiger partial charge is 0.407 e. The molecule has 1 unspecified atom stereocenters. The van der Waals surface area contributed by atoms with Crippen molar-refractivity contribution >= 4 is 18.0 Å². The molecule has 0 spiro atoms. The highest BCUT2D eigenvalue weighted by molar-refractivity contribution is 5.85. The van der Waals surface area contributed by atoms with Crippen LogP contribution in [0, 0.1) is 0 Å². The lowest BCUT2D eigenvalue weighted by molar-refractivity contribution is -0.165. The van der Waals surface area contributed by atoms with Gasteiger partial charge >= 0.3 is 12.1 Å². The van der Waals surface area contributed by atoms with Crippen LogP contribution in [0.1, 0.15) is 36.8 Å². The molecule has 33 heavy (non-hydrogen) atoms. The molecule has 0 aliphatic heterocycles. The van der Waals surface area contributed by atoms with Gasteiger partial charge in [0.15, 0.2) is 0 Å². The second-order valence-corrected chi connectivity index (χ2v) is 7.68. The molecule has 3 N–H and O–H groups in total. The van der Waals surface area contributed by atoms with E-state index in [0.29, 0.717) is 12.8 Å². The van der Waals surface area contributed by atoms with Crippen molar-refractivity contribution in [3.63, 3.8) is 0 Å². The first-order valence-corrected chi connectivity index (χ1v) is 10.7. The summed E-state index contributed by atoms with van der Waals surface area (Å²) < 4.78 is 10.2. The molecule has 9 nitrogen and oxygen atoms in total. The summed E-state index contributed by atoms with van der Waals surface area (Å²) >= 11 is 0. The predicted octanol–water partition coefficient (Wildman–Crippen LogP) is 2.84. The number of carboxylic acids is 1. The van der Waals surface area contributed by atoms with E-state index < -0.39 is 30.1 Å². The number of hydrogen-bond acceptors (Lipinski definition) is 6. The fourth-order valence-electron chi connectivity index (χ4n) is 3.85. The summed E-state index contributed by atoms with van der Waals surface area (Å²) in [5.74, 6) is -2.06. The number of hydrogen-bond donors (Lipinski definition) is 3. The fourth-order valence-corrected chi connectivity index (χ4v) is 3.85. The number of ether oxygens (including phenoxy) is 2. The molecule has 2 amide bonds. The van der Waals surface area contributed by atoms with Gasteiger partial charge in [0.05, 0.1) is 6.61 Å². The third kappa shape index (κ3) is 5.88. The molecule has 0 saturated carbocycles. The summed E-state index contributed by atoms with van der Waals surface area (Å²) in [4.78, 5) is 41.0. The number of carbonyl (C=O) groups is 3. The normalized spacial score (nSPS) is 14.0. The topological polar surface area (TPSA) is 123 Å². The van der Waals surface area contributed by atoms with Crippen LogP contribution in [0.25, 0.3) is 11.1 Å². The van der Waals surface area contributed by atoms with Crippen LogP contribution >= 0.6 is 0 Å². The largest absolute Gasteiger partial charge is 0.479 e. The van der Waals surface area contributed by atoms with Gasteiger partial charge in [0.2, 0.25) is 6.10 Å². The number of alkyl carbamates (subject to hydrolysis) is 1. The summed E-state index contributed by atoms with van der Waals surface area (Å²) in [6.07, 6.45) is -1.18. The molecule has 0 bridgehead atoms. The third-order valence-corrected chi connectivity index (χ3v) is 5.42. The molecule has 176 valence electrons. The molecule has 2 aromatic carbocycles. The number of aliphatic carboxylic acids is 1. The number of fused-ring (bicyclic) bond motifs is 3. The van der Waals surface area contributed by atoms with Gasteiger partial charge in [0.1, 0.15) is 12.6 Å². The van der Waals surface area contributed by atoms with E-state index >= 15 is 0 Å². The molecule has 1 aliphatic carbocycles. The summed E-state index contributed by atoms with van der Waals surface area (Å²) in [7, 11) is 1.32. The highest BCUT2D eigenvalue weighted by atomic mass is 16.7. The summed E-state index contributed by atoms with van der Waals surface area (Å²) in [6, 6.07) is 15.0. The van der Waals surface area contributed by atoms with Crippen molar-refractivity contribution in [2.24, 2.45) is 0 Å². The highest BCUT2D eigenvalue weighted by Gasteiger charge is 2.30. The van der Waals surface area contributed by atoms with Gasteiger partial charge in [0.25, 0.3) is 5.91 Å². The van der Waals surface area contributed by atoms with Crippen LogP contribution < -0.4 is 10.8 Å². The molecule has 3 rings (SSSR count). The monoisotopic (exact) mass is 456 g/mol. The third-order valence-electron chi connectivity index (χ3n) is 5.42. The van der Waals surface area contributed by atoms with Gasteiger partial charge < -0.3 is 19.9 Å². The van der Waals surface area contributed by atoms with Crippen LogP contribution in [0.4, 0.5) is 4.79 Å². The Kier molecular flexibility index (Phi) is 8.39. The average molecular weight is 456 g/mol. The Hall–Kier alpha value is -3.43. The molecule has 2 atom stereocenters. The van der Waals surface area contributed by atoms with Crippen LogP contribution in [0.15, 0.2) is 48.5 Å². The Morgan fingerprint density at radius 1 is 1.03 bits per heavy atom. The summed E-state index contributed by atoms with van der Waals surface area (Å²) in [6.45, 7) is 1.73. The van der Waals surface area contributed by atoms with Crippen LogP contribution in [-0.2, 0) is 23.9 Å². The van der Waals surface area contributed by atoms with Crippen LogP contribution in [-0.4, -0.2) is 55.5 Å². The molecule has 2 aromatic rings. The molecule has 9 heteroatoms. The second kappa shape index (κ2) is 11.4. The Morgan fingerprint density at radius 3 is 2.18 bits per heavy atom. The van der Waals surface area contributed by atoms with E-state index in [4.69, 9.17) is 19.4 Å². The first-order valence-electron chi connectivity index (χ1n) is 10.7. The van der Waals surface area contributed by atoms with Crippen molar-refractivity contribution in [1.29, 1.82) is 0 Å². The van der Waals surface area contributed by atoms with Gasteiger partial charge in [-0.1, -0.05) is 61.9 Å². The minimum atomic E-state index is -1.37. The maximum absolute atomic E-state index is 12.5.